The van der Waals surface area contributed by atoms with Crippen LogP contribution in [0.5, 0.6) is 0 Å². The highest BCUT2D eigenvalue weighted by molar-refractivity contribution is 5.77. The van der Waals surface area contributed by atoms with Gasteiger partial charge in [0.05, 0.1) is 0 Å². The molecule has 3 nitrogen and oxygen atoms in total. The van der Waals surface area contributed by atoms with Crippen LogP contribution in [0.3, 0.4) is 0 Å². The maximum absolute atomic E-state index is 11.9. The smallest absolute Gasteiger partial charge is 0.221 e. The van der Waals surface area contributed by atoms with E-state index in [0.29, 0.717) is 11.8 Å². The minimum Gasteiger partial charge on any atom is -0.355 e. The Morgan fingerprint density at radius 3 is 2.29 bits per heavy atom. The van der Waals surface area contributed by atoms with Crippen molar-refractivity contribution < 1.29 is 4.79 Å². The van der Waals surface area contributed by atoms with Crippen LogP contribution >= 0.6 is 0 Å². The fourth-order valence-electron chi connectivity index (χ4n) is 3.26. The summed E-state index contributed by atoms with van der Waals surface area (Å²) in [5, 5.41) is 3.11. The number of carbonyl (C=O) groups is 1. The maximum Gasteiger partial charge on any atom is 0.221 e. The molecule has 17 heavy (non-hydrogen) atoms. The van der Waals surface area contributed by atoms with E-state index in [1.54, 1.807) is 0 Å². The second-order valence-corrected chi connectivity index (χ2v) is 6.23. The number of carbonyl (C=O) groups excluding carboxylic acids is 1. The van der Waals surface area contributed by atoms with E-state index in [0.717, 1.165) is 19.4 Å². The first-order valence-electron chi connectivity index (χ1n) is 7.13. The Kier molecular flexibility index (Phi) is 3.76. The molecule has 0 aliphatic heterocycles. The van der Waals surface area contributed by atoms with Gasteiger partial charge in [0.25, 0.3) is 0 Å². The molecular weight excluding hydrogens is 212 g/mol. The summed E-state index contributed by atoms with van der Waals surface area (Å²) in [6, 6.07) is 0. The van der Waals surface area contributed by atoms with Crippen LogP contribution in [0, 0.1) is 5.41 Å². The molecule has 98 valence electrons. The zero-order chi connectivity index (χ0) is 12.4. The van der Waals surface area contributed by atoms with Gasteiger partial charge in [-0.25, -0.2) is 0 Å². The summed E-state index contributed by atoms with van der Waals surface area (Å²) < 4.78 is 0. The molecule has 2 aliphatic rings. The molecule has 0 atom stereocenters. The summed E-state index contributed by atoms with van der Waals surface area (Å²) in [5.74, 6) is 0.161. The standard InChI is InChI=1S/C14H26N2O/c1-2-13(6-5-7-13)11-16-12(17)10-14(15)8-3-4-9-14/h2-11,15H2,1H3,(H,16,17). The molecule has 0 bridgehead atoms. The highest BCUT2D eigenvalue weighted by atomic mass is 16.1. The quantitative estimate of drug-likeness (QED) is 0.772. The molecule has 2 rings (SSSR count). The van der Waals surface area contributed by atoms with Gasteiger partial charge in [-0.15, -0.1) is 0 Å². The van der Waals surface area contributed by atoms with Crippen molar-refractivity contribution >= 4 is 5.91 Å². The van der Waals surface area contributed by atoms with E-state index >= 15 is 0 Å². The normalized spacial score (nSPS) is 25.3. The number of hydrogen-bond acceptors (Lipinski definition) is 2. The molecule has 2 aliphatic carbocycles. The van der Waals surface area contributed by atoms with Crippen molar-refractivity contribution in [2.75, 3.05) is 6.54 Å². The van der Waals surface area contributed by atoms with E-state index in [9.17, 15) is 4.79 Å². The summed E-state index contributed by atoms with van der Waals surface area (Å²) >= 11 is 0. The van der Waals surface area contributed by atoms with Gasteiger partial charge < -0.3 is 11.1 Å². The SMILES string of the molecule is CCC1(CNC(=O)CC2(N)CCCC2)CCC1. The van der Waals surface area contributed by atoms with Gasteiger partial charge >= 0.3 is 0 Å². The molecule has 3 N–H and O–H groups in total. The largest absolute Gasteiger partial charge is 0.355 e. The molecule has 3 heteroatoms. The third kappa shape index (κ3) is 3.01. The van der Waals surface area contributed by atoms with Crippen LogP contribution in [-0.4, -0.2) is 18.0 Å². The molecule has 0 heterocycles. The van der Waals surface area contributed by atoms with Gasteiger partial charge in [0.15, 0.2) is 0 Å². The highest BCUT2D eigenvalue weighted by Gasteiger charge is 2.36. The predicted octanol–water partition coefficient (Wildman–Crippen LogP) is 2.34. The van der Waals surface area contributed by atoms with Crippen molar-refractivity contribution in [2.24, 2.45) is 11.1 Å². The van der Waals surface area contributed by atoms with E-state index in [2.05, 4.69) is 12.2 Å². The van der Waals surface area contributed by atoms with Gasteiger partial charge in [-0.05, 0) is 37.5 Å². The van der Waals surface area contributed by atoms with Gasteiger partial charge in [-0.2, -0.15) is 0 Å². The molecule has 0 radical (unpaired) electrons. The van der Waals surface area contributed by atoms with Gasteiger partial charge in [0, 0.05) is 18.5 Å². The van der Waals surface area contributed by atoms with Crippen molar-refractivity contribution in [3.63, 3.8) is 0 Å². The number of amides is 1. The van der Waals surface area contributed by atoms with Gasteiger partial charge in [0.1, 0.15) is 0 Å². The van der Waals surface area contributed by atoms with Crippen LogP contribution in [0.2, 0.25) is 0 Å². The Bertz CT molecular complexity index is 272. The fourth-order valence-corrected chi connectivity index (χ4v) is 3.26. The third-order valence-corrected chi connectivity index (χ3v) is 4.94. The first-order chi connectivity index (χ1) is 8.08. The second-order valence-electron chi connectivity index (χ2n) is 6.23. The topological polar surface area (TPSA) is 55.1 Å². The van der Waals surface area contributed by atoms with Gasteiger partial charge in [-0.1, -0.05) is 26.2 Å². The first-order valence-corrected chi connectivity index (χ1v) is 7.13. The maximum atomic E-state index is 11.9. The molecule has 2 saturated carbocycles. The monoisotopic (exact) mass is 238 g/mol. The summed E-state index contributed by atoms with van der Waals surface area (Å²) in [7, 11) is 0. The molecule has 1 amide bonds. The van der Waals surface area contributed by atoms with E-state index in [4.69, 9.17) is 5.73 Å². The molecule has 0 unspecified atom stereocenters. The van der Waals surface area contributed by atoms with Crippen LogP contribution in [-0.2, 0) is 4.79 Å². The highest BCUT2D eigenvalue weighted by Crippen LogP contribution is 2.43. The van der Waals surface area contributed by atoms with E-state index in [1.807, 2.05) is 0 Å². The minimum absolute atomic E-state index is 0.161. The van der Waals surface area contributed by atoms with E-state index < -0.39 is 0 Å². The lowest BCUT2D eigenvalue weighted by Crippen LogP contribution is -2.46. The average Bonchev–Trinajstić information content (AvgIpc) is 2.64. The van der Waals surface area contributed by atoms with Crippen molar-refractivity contribution in [1.82, 2.24) is 5.32 Å². The molecule has 0 aromatic carbocycles. The Hall–Kier alpha value is -0.570. The summed E-state index contributed by atoms with van der Waals surface area (Å²) in [6.07, 6.45) is 9.97. The van der Waals surface area contributed by atoms with Crippen LogP contribution in [0.1, 0.15) is 64.7 Å². The number of hydrogen-bond donors (Lipinski definition) is 2. The second kappa shape index (κ2) is 4.97. The Morgan fingerprint density at radius 2 is 1.82 bits per heavy atom. The lowest BCUT2D eigenvalue weighted by Gasteiger charge is -2.41. The first kappa shape index (κ1) is 12.9. The van der Waals surface area contributed by atoms with Crippen LogP contribution in [0.25, 0.3) is 0 Å². The van der Waals surface area contributed by atoms with E-state index in [1.165, 1.54) is 38.5 Å². The third-order valence-electron chi connectivity index (χ3n) is 4.94. The van der Waals surface area contributed by atoms with Crippen molar-refractivity contribution in [3.05, 3.63) is 0 Å². The number of nitrogens with two attached hydrogens (primary N) is 1. The lowest BCUT2D eigenvalue weighted by molar-refractivity contribution is -0.123. The molecular formula is C14H26N2O. The molecule has 0 saturated heterocycles. The zero-order valence-corrected chi connectivity index (χ0v) is 11.1. The van der Waals surface area contributed by atoms with Crippen molar-refractivity contribution in [2.45, 2.75) is 70.3 Å². The molecule has 0 aromatic heterocycles. The van der Waals surface area contributed by atoms with E-state index in [-0.39, 0.29) is 11.4 Å². The Morgan fingerprint density at radius 1 is 1.18 bits per heavy atom. The molecule has 2 fully saturated rings. The average molecular weight is 238 g/mol. The number of nitrogens with one attached hydrogen (secondary N) is 1. The van der Waals surface area contributed by atoms with Crippen LogP contribution in [0.4, 0.5) is 0 Å². The molecule has 0 aromatic rings. The minimum atomic E-state index is -0.205. The predicted molar refractivity (Wildman–Crippen MR) is 69.6 cm³/mol. The molecule has 0 spiro atoms. The Balaban J connectivity index is 1.74. The van der Waals surface area contributed by atoms with Gasteiger partial charge in [-0.3, -0.25) is 4.79 Å². The van der Waals surface area contributed by atoms with Crippen molar-refractivity contribution in [1.29, 1.82) is 0 Å². The van der Waals surface area contributed by atoms with Crippen LogP contribution in [0.15, 0.2) is 0 Å². The lowest BCUT2D eigenvalue weighted by atomic mass is 9.67. The van der Waals surface area contributed by atoms with Crippen LogP contribution < -0.4 is 11.1 Å². The summed E-state index contributed by atoms with van der Waals surface area (Å²) in [6.45, 7) is 3.09. The van der Waals surface area contributed by atoms with Gasteiger partial charge in [0.2, 0.25) is 5.91 Å². The number of rotatable bonds is 5. The van der Waals surface area contributed by atoms with Crippen molar-refractivity contribution in [3.8, 4) is 0 Å². The Labute approximate surface area is 105 Å². The summed E-state index contributed by atoms with van der Waals surface area (Å²) in [4.78, 5) is 11.9. The fraction of sp³-hybridized carbons (Fsp3) is 0.929. The zero-order valence-electron chi connectivity index (χ0n) is 11.1. The summed E-state index contributed by atoms with van der Waals surface area (Å²) in [5.41, 5.74) is 6.42.